The third-order valence-electron chi connectivity index (χ3n) is 3.13. The van der Waals surface area contributed by atoms with E-state index in [9.17, 15) is 0 Å². The first-order valence-electron chi connectivity index (χ1n) is 9.00. The SMILES string of the molecule is Cc1nc(C(C)C)no1.Cc1nnc(C(C)C)o1.Cc1nnc(C(C)C)s1. The molecule has 0 amide bonds. The zero-order chi connectivity index (χ0) is 20.6. The highest BCUT2D eigenvalue weighted by Gasteiger charge is 2.05. The van der Waals surface area contributed by atoms with Crippen molar-refractivity contribution in [3.05, 3.63) is 33.5 Å². The maximum absolute atomic E-state index is 5.12. The molecule has 3 heterocycles. The predicted molar refractivity (Wildman–Crippen MR) is 105 cm³/mol. The van der Waals surface area contributed by atoms with Crippen molar-refractivity contribution in [2.75, 3.05) is 0 Å². The Morgan fingerprint density at radius 3 is 1.63 bits per heavy atom. The van der Waals surface area contributed by atoms with Gasteiger partial charge in [-0.1, -0.05) is 46.7 Å². The van der Waals surface area contributed by atoms with Gasteiger partial charge in [0.15, 0.2) is 5.82 Å². The predicted octanol–water partition coefficient (Wildman–Crippen LogP) is 4.97. The van der Waals surface area contributed by atoms with Crippen LogP contribution in [0.1, 0.15) is 92.8 Å². The van der Waals surface area contributed by atoms with Crippen molar-refractivity contribution in [2.45, 2.75) is 80.1 Å². The summed E-state index contributed by atoms with van der Waals surface area (Å²) in [5, 5.41) is 21.3. The van der Waals surface area contributed by atoms with Crippen molar-refractivity contribution >= 4 is 11.3 Å². The van der Waals surface area contributed by atoms with Crippen LogP contribution in [-0.2, 0) is 0 Å². The standard InChI is InChI=1S/2C6H10N2O.C6H10N2S/c1-4(2)6-8-7-5(3)9-6;1-4(2)6-7-5(3)9-8-6;1-4(2)6-8-7-5(3)9-6/h3*4H,1-3H3. The van der Waals surface area contributed by atoms with Crippen LogP contribution >= 0.6 is 11.3 Å². The van der Waals surface area contributed by atoms with Crippen LogP contribution in [0, 0.1) is 20.8 Å². The fraction of sp³-hybridized carbons (Fsp3) is 0.667. The fourth-order valence-corrected chi connectivity index (χ4v) is 2.34. The lowest BCUT2D eigenvalue weighted by Crippen LogP contribution is -1.88. The number of aryl methyl sites for hydroxylation is 3. The molecule has 3 aromatic heterocycles. The van der Waals surface area contributed by atoms with Gasteiger partial charge in [-0.25, -0.2) is 0 Å². The minimum absolute atomic E-state index is 0.339. The quantitative estimate of drug-likeness (QED) is 0.613. The van der Waals surface area contributed by atoms with Crippen LogP contribution < -0.4 is 0 Å². The summed E-state index contributed by atoms with van der Waals surface area (Å²) in [7, 11) is 0. The summed E-state index contributed by atoms with van der Waals surface area (Å²) in [6, 6.07) is 0. The number of hydrogen-bond donors (Lipinski definition) is 0. The molecule has 9 heteroatoms. The lowest BCUT2D eigenvalue weighted by molar-refractivity contribution is 0.385. The molecular weight excluding hydrogens is 364 g/mol. The Bertz CT molecular complexity index is 686. The van der Waals surface area contributed by atoms with E-state index in [0.717, 1.165) is 15.8 Å². The van der Waals surface area contributed by atoms with E-state index < -0.39 is 0 Å². The third-order valence-corrected chi connectivity index (χ3v) is 4.27. The van der Waals surface area contributed by atoms with Gasteiger partial charge in [0.05, 0.1) is 0 Å². The molecule has 0 aromatic carbocycles. The molecule has 0 fully saturated rings. The summed E-state index contributed by atoms with van der Waals surface area (Å²) in [5.74, 6) is 4.00. The molecular formula is C18H30N6O2S. The maximum atomic E-state index is 5.12. The highest BCUT2D eigenvalue weighted by atomic mass is 32.1. The highest BCUT2D eigenvalue weighted by molar-refractivity contribution is 7.11. The van der Waals surface area contributed by atoms with Crippen LogP contribution in [0.25, 0.3) is 0 Å². The molecule has 0 unspecified atom stereocenters. The molecule has 0 aliphatic rings. The van der Waals surface area contributed by atoms with Gasteiger partial charge < -0.3 is 8.94 Å². The normalized spacial score (nSPS) is 10.7. The van der Waals surface area contributed by atoms with E-state index in [2.05, 4.69) is 44.4 Å². The molecule has 0 saturated heterocycles. The van der Waals surface area contributed by atoms with Gasteiger partial charge in [0.2, 0.25) is 17.7 Å². The van der Waals surface area contributed by atoms with Crippen LogP contribution in [0.15, 0.2) is 8.94 Å². The van der Waals surface area contributed by atoms with Crippen molar-refractivity contribution < 1.29 is 8.94 Å². The summed E-state index contributed by atoms with van der Waals surface area (Å²) in [6.07, 6.45) is 0. The van der Waals surface area contributed by atoms with Crippen molar-refractivity contribution in [3.63, 3.8) is 0 Å². The first kappa shape index (κ1) is 22.9. The Balaban J connectivity index is 0.000000202. The first-order chi connectivity index (χ1) is 12.6. The molecule has 27 heavy (non-hydrogen) atoms. The Labute approximate surface area is 164 Å². The van der Waals surface area contributed by atoms with Crippen LogP contribution in [0.4, 0.5) is 0 Å². The molecule has 0 bridgehead atoms. The Morgan fingerprint density at radius 1 is 0.741 bits per heavy atom. The number of hydrogen-bond acceptors (Lipinski definition) is 9. The average molecular weight is 395 g/mol. The minimum Gasteiger partial charge on any atom is -0.425 e. The molecule has 3 aromatic rings. The van der Waals surface area contributed by atoms with E-state index in [1.807, 2.05) is 34.6 Å². The summed E-state index contributed by atoms with van der Waals surface area (Å²) in [4.78, 5) is 4.03. The van der Waals surface area contributed by atoms with Gasteiger partial charge in [0.25, 0.3) is 0 Å². The molecule has 8 nitrogen and oxygen atoms in total. The zero-order valence-corrected chi connectivity index (χ0v) is 18.5. The summed E-state index contributed by atoms with van der Waals surface area (Å²) >= 11 is 1.67. The van der Waals surface area contributed by atoms with Gasteiger partial charge in [0.1, 0.15) is 10.0 Å². The van der Waals surface area contributed by atoms with Gasteiger partial charge in [-0.3, -0.25) is 0 Å². The largest absolute Gasteiger partial charge is 0.425 e. The molecule has 0 radical (unpaired) electrons. The van der Waals surface area contributed by atoms with E-state index >= 15 is 0 Å². The van der Waals surface area contributed by atoms with Crippen molar-refractivity contribution in [1.82, 2.24) is 30.5 Å². The van der Waals surface area contributed by atoms with Crippen LogP contribution in [0.2, 0.25) is 0 Å². The molecule has 150 valence electrons. The van der Waals surface area contributed by atoms with Crippen molar-refractivity contribution in [1.29, 1.82) is 0 Å². The van der Waals surface area contributed by atoms with Gasteiger partial charge in [-0.05, 0) is 6.92 Å². The molecule has 0 spiro atoms. The van der Waals surface area contributed by atoms with Gasteiger partial charge in [-0.2, -0.15) is 4.98 Å². The van der Waals surface area contributed by atoms with Crippen molar-refractivity contribution in [2.24, 2.45) is 0 Å². The van der Waals surface area contributed by atoms with E-state index in [4.69, 9.17) is 8.94 Å². The minimum atomic E-state index is 0.339. The number of aromatic nitrogens is 6. The second-order valence-electron chi connectivity index (χ2n) is 6.95. The topological polar surface area (TPSA) is 104 Å². The second-order valence-corrected chi connectivity index (χ2v) is 8.17. The number of nitrogens with zero attached hydrogens (tertiary/aromatic N) is 6. The smallest absolute Gasteiger partial charge is 0.223 e. The third kappa shape index (κ3) is 8.38. The van der Waals surface area contributed by atoms with Crippen LogP contribution in [0.3, 0.4) is 0 Å². The lowest BCUT2D eigenvalue weighted by Gasteiger charge is -1.92. The van der Waals surface area contributed by atoms with E-state index in [0.29, 0.717) is 35.4 Å². The molecule has 0 saturated carbocycles. The summed E-state index contributed by atoms with van der Waals surface area (Å²) < 4.78 is 9.89. The van der Waals surface area contributed by atoms with Gasteiger partial charge in [0, 0.05) is 31.6 Å². The van der Waals surface area contributed by atoms with Crippen molar-refractivity contribution in [3.8, 4) is 0 Å². The molecule has 0 N–H and O–H groups in total. The Morgan fingerprint density at radius 2 is 1.41 bits per heavy atom. The van der Waals surface area contributed by atoms with Gasteiger partial charge in [-0.15, -0.1) is 31.7 Å². The first-order valence-corrected chi connectivity index (χ1v) is 9.82. The highest BCUT2D eigenvalue weighted by Crippen LogP contribution is 2.17. The van der Waals surface area contributed by atoms with E-state index in [-0.39, 0.29) is 0 Å². The number of rotatable bonds is 3. The fourth-order valence-electron chi connectivity index (χ4n) is 1.64. The average Bonchev–Trinajstić information content (AvgIpc) is 3.30. The zero-order valence-electron chi connectivity index (χ0n) is 17.6. The van der Waals surface area contributed by atoms with Crippen LogP contribution in [0.5, 0.6) is 0 Å². The second kappa shape index (κ2) is 10.9. The maximum Gasteiger partial charge on any atom is 0.223 e. The Hall–Kier alpha value is -2.16. The van der Waals surface area contributed by atoms with E-state index in [1.54, 1.807) is 25.2 Å². The van der Waals surface area contributed by atoms with Crippen LogP contribution in [-0.4, -0.2) is 30.5 Å². The Kier molecular flexibility index (Phi) is 9.20. The van der Waals surface area contributed by atoms with E-state index in [1.165, 1.54) is 0 Å². The summed E-state index contributed by atoms with van der Waals surface area (Å²) in [6.45, 7) is 17.9. The molecule has 0 aliphatic heterocycles. The molecule has 3 rings (SSSR count). The monoisotopic (exact) mass is 394 g/mol. The molecule has 0 aliphatic carbocycles. The lowest BCUT2D eigenvalue weighted by atomic mass is 10.2. The molecule has 0 atom stereocenters. The summed E-state index contributed by atoms with van der Waals surface area (Å²) in [5.41, 5.74) is 0. The van der Waals surface area contributed by atoms with Gasteiger partial charge >= 0.3 is 0 Å².